The first-order valence-corrected chi connectivity index (χ1v) is 8.96. The van der Waals surface area contributed by atoms with Crippen molar-refractivity contribution in [2.75, 3.05) is 61.6 Å². The van der Waals surface area contributed by atoms with Crippen molar-refractivity contribution < 1.29 is 9.47 Å². The van der Waals surface area contributed by atoms with Gasteiger partial charge in [0.1, 0.15) is 11.1 Å². The van der Waals surface area contributed by atoms with Crippen LogP contribution in [0.5, 0.6) is 0 Å². The van der Waals surface area contributed by atoms with Crippen molar-refractivity contribution in [2.24, 2.45) is 4.99 Å². The van der Waals surface area contributed by atoms with Gasteiger partial charge >= 0.3 is 0 Å². The van der Waals surface area contributed by atoms with Gasteiger partial charge in [0.15, 0.2) is 5.96 Å². The molecular formula is C16H32IN5O2S. The van der Waals surface area contributed by atoms with Gasteiger partial charge in [-0.1, -0.05) is 0 Å². The summed E-state index contributed by atoms with van der Waals surface area (Å²) in [5, 5.41) is 6.46. The lowest BCUT2D eigenvalue weighted by atomic mass is 10.4. The minimum atomic E-state index is 0. The highest BCUT2D eigenvalue weighted by atomic mass is 127. The molecule has 1 N–H and O–H groups in total. The zero-order valence-electron chi connectivity index (χ0n) is 16.1. The number of methoxy groups -OCH3 is 2. The number of guanidine groups is 1. The zero-order valence-corrected chi connectivity index (χ0v) is 19.3. The van der Waals surface area contributed by atoms with Gasteiger partial charge in [-0.3, -0.25) is 4.99 Å². The summed E-state index contributed by atoms with van der Waals surface area (Å²) in [4.78, 5) is 13.3. The summed E-state index contributed by atoms with van der Waals surface area (Å²) in [6, 6.07) is 0. The van der Waals surface area contributed by atoms with Crippen molar-refractivity contribution in [3.05, 3.63) is 16.1 Å². The Hall–Kier alpha value is -0.490. The van der Waals surface area contributed by atoms with E-state index in [1.54, 1.807) is 32.6 Å². The topological polar surface area (TPSA) is 62.2 Å². The smallest absolute Gasteiger partial charge is 0.193 e. The third-order valence-corrected chi connectivity index (χ3v) is 4.75. The van der Waals surface area contributed by atoms with Crippen molar-refractivity contribution in [2.45, 2.75) is 19.6 Å². The first kappa shape index (κ1) is 24.5. The molecule has 0 saturated carbocycles. The fraction of sp³-hybridized carbons (Fsp3) is 0.750. The molecule has 7 nitrogen and oxygen atoms in total. The van der Waals surface area contributed by atoms with Crippen LogP contribution < -0.4 is 5.32 Å². The summed E-state index contributed by atoms with van der Waals surface area (Å²) < 4.78 is 10.4. The second kappa shape index (κ2) is 13.7. The number of aliphatic imine (C=N–C) groups is 1. The molecule has 1 atom stereocenters. The summed E-state index contributed by atoms with van der Waals surface area (Å²) >= 11 is 1.63. The number of rotatable bonds is 10. The molecule has 0 amide bonds. The average Bonchev–Trinajstić information content (AvgIpc) is 3.04. The first-order valence-electron chi connectivity index (χ1n) is 8.08. The second-order valence-corrected chi connectivity index (χ2v) is 6.57. The van der Waals surface area contributed by atoms with E-state index in [4.69, 9.17) is 9.47 Å². The van der Waals surface area contributed by atoms with Crippen LogP contribution in [0.3, 0.4) is 0 Å². The summed E-state index contributed by atoms with van der Waals surface area (Å²) in [6.45, 7) is 6.16. The summed E-state index contributed by atoms with van der Waals surface area (Å²) in [5.41, 5.74) is 1.03. The van der Waals surface area contributed by atoms with Crippen LogP contribution in [0.1, 0.15) is 23.7 Å². The van der Waals surface area contributed by atoms with Crippen molar-refractivity contribution in [1.82, 2.24) is 20.1 Å². The van der Waals surface area contributed by atoms with E-state index in [2.05, 4.69) is 37.5 Å². The normalized spacial score (nSPS) is 12.8. The Balaban J connectivity index is 0.00000576. The first-order chi connectivity index (χ1) is 11.5. The van der Waals surface area contributed by atoms with Gasteiger partial charge in [0, 0.05) is 53.3 Å². The number of nitrogens with zero attached hydrogens (tertiary/aromatic N) is 4. The summed E-state index contributed by atoms with van der Waals surface area (Å²) in [6.07, 6.45) is 0.0362. The third-order valence-electron chi connectivity index (χ3n) is 3.70. The van der Waals surface area contributed by atoms with E-state index in [1.165, 1.54) is 0 Å². The lowest BCUT2D eigenvalue weighted by molar-refractivity contribution is 0.119. The van der Waals surface area contributed by atoms with Crippen molar-refractivity contribution >= 4 is 41.3 Å². The molecule has 0 aromatic carbocycles. The standard InChI is InChI=1S/C16H31N5O2S.HI/c1-13(23-6)15-19-14(12-24-15)11-21(4)16(17-2)18-7-8-20(3)9-10-22-5;/h12-13H,7-11H2,1-6H3,(H,17,18);1H. The maximum atomic E-state index is 5.31. The van der Waals surface area contributed by atoms with E-state index in [-0.39, 0.29) is 30.1 Å². The average molecular weight is 485 g/mol. The molecule has 1 rings (SSSR count). The number of halogens is 1. The fourth-order valence-electron chi connectivity index (χ4n) is 2.10. The predicted octanol–water partition coefficient (Wildman–Crippen LogP) is 2.05. The Morgan fingerprint density at radius 3 is 2.68 bits per heavy atom. The van der Waals surface area contributed by atoms with Crippen LogP contribution in [0, 0.1) is 0 Å². The van der Waals surface area contributed by atoms with E-state index in [0.29, 0.717) is 6.54 Å². The predicted molar refractivity (Wildman–Crippen MR) is 115 cm³/mol. The molecule has 146 valence electrons. The maximum Gasteiger partial charge on any atom is 0.193 e. The third kappa shape index (κ3) is 9.13. The van der Waals surface area contributed by atoms with Crippen LogP contribution in [0.25, 0.3) is 0 Å². The van der Waals surface area contributed by atoms with Crippen LogP contribution in [-0.2, 0) is 16.0 Å². The summed E-state index contributed by atoms with van der Waals surface area (Å²) in [7, 11) is 9.32. The molecule has 9 heteroatoms. The number of nitrogens with one attached hydrogen (secondary N) is 1. The molecule has 0 aliphatic heterocycles. The zero-order chi connectivity index (χ0) is 17.9. The van der Waals surface area contributed by atoms with Crippen molar-refractivity contribution in [3.63, 3.8) is 0 Å². The Morgan fingerprint density at radius 2 is 2.08 bits per heavy atom. The number of hydrogen-bond acceptors (Lipinski definition) is 6. The molecule has 1 aromatic heterocycles. The largest absolute Gasteiger partial charge is 0.383 e. The molecule has 1 unspecified atom stereocenters. The van der Waals surface area contributed by atoms with Crippen LogP contribution >= 0.6 is 35.3 Å². The van der Waals surface area contributed by atoms with E-state index < -0.39 is 0 Å². The number of hydrogen-bond donors (Lipinski definition) is 1. The Bertz CT molecular complexity index is 501. The molecule has 0 fully saturated rings. The van der Waals surface area contributed by atoms with Crippen LogP contribution in [0.15, 0.2) is 10.4 Å². The highest BCUT2D eigenvalue weighted by molar-refractivity contribution is 14.0. The van der Waals surface area contributed by atoms with Gasteiger partial charge < -0.3 is 24.6 Å². The van der Waals surface area contributed by atoms with Gasteiger partial charge in [-0.05, 0) is 14.0 Å². The Labute approximate surface area is 172 Å². The molecule has 1 heterocycles. The van der Waals surface area contributed by atoms with E-state index >= 15 is 0 Å². The SMILES string of the molecule is CN=C(NCCN(C)CCOC)N(C)Cc1csc(C(C)OC)n1.I. The van der Waals surface area contributed by atoms with Gasteiger partial charge in [-0.15, -0.1) is 35.3 Å². The van der Waals surface area contributed by atoms with E-state index in [0.717, 1.165) is 42.9 Å². The Kier molecular flexibility index (Phi) is 13.4. The maximum absolute atomic E-state index is 5.31. The molecule has 25 heavy (non-hydrogen) atoms. The molecular weight excluding hydrogens is 453 g/mol. The molecule has 0 spiro atoms. The molecule has 1 aromatic rings. The van der Waals surface area contributed by atoms with Gasteiger partial charge in [-0.2, -0.15) is 0 Å². The van der Waals surface area contributed by atoms with Crippen molar-refractivity contribution in [1.29, 1.82) is 0 Å². The fourth-order valence-corrected chi connectivity index (χ4v) is 2.94. The number of likely N-dealkylation sites (N-methyl/N-ethyl adjacent to an activating group) is 1. The van der Waals surface area contributed by atoms with Gasteiger partial charge in [0.2, 0.25) is 0 Å². The van der Waals surface area contributed by atoms with Crippen LogP contribution in [0.2, 0.25) is 0 Å². The lowest BCUT2D eigenvalue weighted by Crippen LogP contribution is -2.42. The second-order valence-electron chi connectivity index (χ2n) is 5.68. The number of ether oxygens (including phenoxy) is 2. The van der Waals surface area contributed by atoms with Crippen LogP contribution in [0.4, 0.5) is 0 Å². The summed E-state index contributed by atoms with van der Waals surface area (Å²) in [5.74, 6) is 0.865. The quantitative estimate of drug-likeness (QED) is 0.311. The number of thiazole rings is 1. The highest BCUT2D eigenvalue weighted by Crippen LogP contribution is 2.20. The monoisotopic (exact) mass is 485 g/mol. The molecule has 0 radical (unpaired) electrons. The highest BCUT2D eigenvalue weighted by Gasteiger charge is 2.12. The minimum Gasteiger partial charge on any atom is -0.383 e. The van der Waals surface area contributed by atoms with Gasteiger partial charge in [0.05, 0.1) is 18.8 Å². The van der Waals surface area contributed by atoms with Gasteiger partial charge in [-0.25, -0.2) is 4.98 Å². The Morgan fingerprint density at radius 1 is 1.36 bits per heavy atom. The molecule has 0 saturated heterocycles. The molecule has 0 aliphatic carbocycles. The minimum absolute atomic E-state index is 0. The lowest BCUT2D eigenvalue weighted by Gasteiger charge is -2.23. The molecule has 0 bridgehead atoms. The van der Waals surface area contributed by atoms with Gasteiger partial charge in [0.25, 0.3) is 0 Å². The molecule has 0 aliphatic rings. The van der Waals surface area contributed by atoms with Crippen LogP contribution in [-0.4, -0.2) is 82.3 Å². The van der Waals surface area contributed by atoms with E-state index in [1.807, 2.05) is 14.0 Å². The van der Waals surface area contributed by atoms with E-state index in [9.17, 15) is 0 Å². The van der Waals surface area contributed by atoms with Crippen molar-refractivity contribution in [3.8, 4) is 0 Å². The number of aromatic nitrogens is 1.